The molecule has 1 aromatic carbocycles. The SMILES string of the molecule is N[C@H]1CCCNC(=O)CC2(CCN(C(=O)c3ccccc3)CC2)NC(=O)COCCOCCNC1=O. The van der Waals surface area contributed by atoms with Gasteiger partial charge in [0.15, 0.2) is 0 Å². The number of piperidine rings is 1. The molecule has 0 bridgehead atoms. The maximum atomic E-state index is 12.9. The molecule has 2 aliphatic heterocycles. The second-order valence-corrected chi connectivity index (χ2v) is 9.22. The van der Waals surface area contributed by atoms with Crippen LogP contribution in [-0.2, 0) is 23.9 Å². The summed E-state index contributed by atoms with van der Waals surface area (Å²) in [4.78, 5) is 52.1. The first-order valence-electron chi connectivity index (χ1n) is 12.5. The lowest BCUT2D eigenvalue weighted by atomic mass is 9.83. The Labute approximate surface area is 211 Å². The number of nitrogens with one attached hydrogen (secondary N) is 3. The van der Waals surface area contributed by atoms with Gasteiger partial charge >= 0.3 is 0 Å². The molecule has 1 atom stereocenters. The Balaban J connectivity index is 1.62. The van der Waals surface area contributed by atoms with Crippen LogP contribution in [0.1, 0.15) is 42.5 Å². The Hall–Kier alpha value is -3.02. The van der Waals surface area contributed by atoms with Gasteiger partial charge in [0.25, 0.3) is 5.91 Å². The third kappa shape index (κ3) is 8.58. The van der Waals surface area contributed by atoms with Crippen molar-refractivity contribution in [2.75, 3.05) is 52.6 Å². The zero-order valence-corrected chi connectivity index (χ0v) is 20.6. The molecule has 0 unspecified atom stereocenters. The highest BCUT2D eigenvalue weighted by atomic mass is 16.5. The average molecular weight is 504 g/mol. The Kier molecular flexibility index (Phi) is 10.6. The largest absolute Gasteiger partial charge is 0.377 e. The quantitative estimate of drug-likeness (QED) is 0.405. The van der Waals surface area contributed by atoms with Gasteiger partial charge < -0.3 is 36.1 Å². The van der Waals surface area contributed by atoms with Gasteiger partial charge in [0.2, 0.25) is 17.7 Å². The molecule has 2 saturated heterocycles. The fourth-order valence-electron chi connectivity index (χ4n) is 4.39. The molecule has 1 aromatic rings. The Morgan fingerprint density at radius 3 is 2.42 bits per heavy atom. The number of benzene rings is 1. The number of nitrogens with two attached hydrogens (primary N) is 1. The van der Waals surface area contributed by atoms with Gasteiger partial charge in [-0.15, -0.1) is 0 Å². The predicted octanol–water partition coefficient (Wildman–Crippen LogP) is -0.446. The molecule has 2 heterocycles. The van der Waals surface area contributed by atoms with E-state index in [9.17, 15) is 19.2 Å². The predicted molar refractivity (Wildman–Crippen MR) is 132 cm³/mol. The van der Waals surface area contributed by atoms with Crippen molar-refractivity contribution in [1.29, 1.82) is 0 Å². The molecule has 0 radical (unpaired) electrons. The fraction of sp³-hybridized carbons (Fsp3) is 0.600. The number of nitrogens with zero attached hydrogens (tertiary/aromatic N) is 1. The molecule has 2 fully saturated rings. The lowest BCUT2D eigenvalue weighted by molar-refractivity contribution is -0.130. The van der Waals surface area contributed by atoms with E-state index >= 15 is 0 Å². The van der Waals surface area contributed by atoms with Gasteiger partial charge in [-0.2, -0.15) is 0 Å². The van der Waals surface area contributed by atoms with Crippen LogP contribution < -0.4 is 21.7 Å². The molecule has 36 heavy (non-hydrogen) atoms. The number of ether oxygens (including phenoxy) is 2. The highest BCUT2D eigenvalue weighted by molar-refractivity contribution is 5.94. The Morgan fingerprint density at radius 2 is 1.67 bits per heavy atom. The van der Waals surface area contributed by atoms with E-state index in [4.69, 9.17) is 15.2 Å². The number of carbonyl (C=O) groups excluding carboxylic acids is 4. The van der Waals surface area contributed by atoms with Crippen LogP contribution in [0.2, 0.25) is 0 Å². The third-order valence-corrected chi connectivity index (χ3v) is 6.43. The molecule has 2 aliphatic rings. The van der Waals surface area contributed by atoms with Crippen molar-refractivity contribution in [2.24, 2.45) is 5.73 Å². The zero-order chi connectivity index (χ0) is 25.8. The number of rotatable bonds is 1. The van der Waals surface area contributed by atoms with Gasteiger partial charge in [-0.05, 0) is 37.8 Å². The van der Waals surface area contributed by atoms with Crippen molar-refractivity contribution < 1.29 is 28.7 Å². The molecule has 0 aliphatic carbocycles. The number of hydrogen-bond acceptors (Lipinski definition) is 7. The monoisotopic (exact) mass is 503 g/mol. The molecule has 1 spiro atoms. The summed E-state index contributed by atoms with van der Waals surface area (Å²) in [5.74, 6) is -0.851. The second-order valence-electron chi connectivity index (χ2n) is 9.22. The first kappa shape index (κ1) is 27.6. The minimum Gasteiger partial charge on any atom is -0.377 e. The summed E-state index contributed by atoms with van der Waals surface area (Å²) in [6.07, 6.45) is 1.95. The summed E-state index contributed by atoms with van der Waals surface area (Å²) in [6.45, 7) is 2.17. The van der Waals surface area contributed by atoms with E-state index in [0.717, 1.165) is 0 Å². The minimum absolute atomic E-state index is 0.0685. The smallest absolute Gasteiger partial charge is 0.253 e. The van der Waals surface area contributed by atoms with E-state index < -0.39 is 11.6 Å². The molecular weight excluding hydrogens is 466 g/mol. The normalized spacial score (nSPS) is 23.4. The van der Waals surface area contributed by atoms with Gasteiger partial charge in [-0.1, -0.05) is 18.2 Å². The summed E-state index contributed by atoms with van der Waals surface area (Å²) < 4.78 is 10.8. The first-order chi connectivity index (χ1) is 17.4. The maximum Gasteiger partial charge on any atom is 0.253 e. The third-order valence-electron chi connectivity index (χ3n) is 6.43. The van der Waals surface area contributed by atoms with Crippen molar-refractivity contribution in [3.8, 4) is 0 Å². The van der Waals surface area contributed by atoms with Gasteiger partial charge in [-0.25, -0.2) is 0 Å². The van der Waals surface area contributed by atoms with E-state index in [1.807, 2.05) is 18.2 Å². The Bertz CT molecular complexity index is 888. The molecule has 0 aromatic heterocycles. The zero-order valence-electron chi connectivity index (χ0n) is 20.6. The van der Waals surface area contributed by atoms with Crippen LogP contribution in [0, 0.1) is 0 Å². The van der Waals surface area contributed by atoms with Crippen LogP contribution >= 0.6 is 0 Å². The molecule has 5 N–H and O–H groups in total. The van der Waals surface area contributed by atoms with Crippen molar-refractivity contribution >= 4 is 23.6 Å². The lowest BCUT2D eigenvalue weighted by Gasteiger charge is -2.42. The standard InChI is InChI=1S/C25H37N5O6/c26-20-7-4-10-27-21(31)17-25(29-22(32)18-36-16-15-35-14-11-28-23(20)33)8-12-30(13-9-25)24(34)19-5-2-1-3-6-19/h1-3,5-6,20H,4,7-18,26H2,(H,27,31)(H,28,33)(H,29,32)/t20-/m0/s1. The molecule has 4 amide bonds. The number of likely N-dealkylation sites (tertiary alicyclic amines) is 1. The van der Waals surface area contributed by atoms with Gasteiger partial charge in [0.1, 0.15) is 6.61 Å². The van der Waals surface area contributed by atoms with Crippen molar-refractivity contribution in [3.05, 3.63) is 35.9 Å². The van der Waals surface area contributed by atoms with E-state index in [1.165, 1.54) is 0 Å². The van der Waals surface area contributed by atoms with E-state index in [2.05, 4.69) is 16.0 Å². The summed E-state index contributed by atoms with van der Waals surface area (Å²) in [5.41, 5.74) is 5.75. The topological polar surface area (TPSA) is 152 Å². The van der Waals surface area contributed by atoms with E-state index in [1.54, 1.807) is 17.0 Å². The molecule has 198 valence electrons. The number of carbonyl (C=O) groups is 4. The highest BCUT2D eigenvalue weighted by Crippen LogP contribution is 2.27. The number of amides is 4. The van der Waals surface area contributed by atoms with Crippen molar-refractivity contribution in [2.45, 2.75) is 43.7 Å². The van der Waals surface area contributed by atoms with Crippen LogP contribution in [-0.4, -0.2) is 92.7 Å². The van der Waals surface area contributed by atoms with Gasteiger partial charge in [-0.3, -0.25) is 19.2 Å². The summed E-state index contributed by atoms with van der Waals surface area (Å²) >= 11 is 0. The summed E-state index contributed by atoms with van der Waals surface area (Å²) in [7, 11) is 0. The molecule has 11 nitrogen and oxygen atoms in total. The van der Waals surface area contributed by atoms with E-state index in [0.29, 0.717) is 64.0 Å². The van der Waals surface area contributed by atoms with Crippen LogP contribution in [0.3, 0.4) is 0 Å². The van der Waals surface area contributed by atoms with E-state index in [-0.39, 0.29) is 49.9 Å². The van der Waals surface area contributed by atoms with Crippen LogP contribution in [0.5, 0.6) is 0 Å². The number of hydrogen-bond donors (Lipinski definition) is 4. The lowest BCUT2D eigenvalue weighted by Crippen LogP contribution is -2.58. The first-order valence-corrected chi connectivity index (χ1v) is 12.5. The van der Waals surface area contributed by atoms with Crippen LogP contribution in [0.25, 0.3) is 0 Å². The van der Waals surface area contributed by atoms with Crippen LogP contribution in [0.4, 0.5) is 0 Å². The molecule has 3 rings (SSSR count). The molecule has 0 saturated carbocycles. The van der Waals surface area contributed by atoms with Gasteiger partial charge in [0, 0.05) is 38.2 Å². The minimum atomic E-state index is -0.784. The Morgan fingerprint density at radius 1 is 0.944 bits per heavy atom. The summed E-state index contributed by atoms with van der Waals surface area (Å²) in [5, 5.41) is 8.59. The van der Waals surface area contributed by atoms with Crippen LogP contribution in [0.15, 0.2) is 30.3 Å². The highest BCUT2D eigenvalue weighted by Gasteiger charge is 2.39. The second kappa shape index (κ2) is 13.9. The summed E-state index contributed by atoms with van der Waals surface area (Å²) in [6, 6.07) is 8.39. The average Bonchev–Trinajstić information content (AvgIpc) is 2.88. The van der Waals surface area contributed by atoms with Crippen molar-refractivity contribution in [1.82, 2.24) is 20.9 Å². The fourth-order valence-corrected chi connectivity index (χ4v) is 4.39. The molecular formula is C25H37N5O6. The maximum absolute atomic E-state index is 12.9. The van der Waals surface area contributed by atoms with Crippen molar-refractivity contribution in [3.63, 3.8) is 0 Å². The molecule has 11 heteroatoms. The van der Waals surface area contributed by atoms with Gasteiger partial charge in [0.05, 0.1) is 31.4 Å².